The minimum Gasteiger partial charge on any atom is -0.0887 e. The normalized spacial score (nSPS) is 46.5. The third-order valence-corrected chi connectivity index (χ3v) is 11.0. The van der Waals surface area contributed by atoms with Crippen LogP contribution in [0.2, 0.25) is 0 Å². The fraction of sp³-hybridized carbons (Fsp3) is 0.926. The highest BCUT2D eigenvalue weighted by Crippen LogP contribution is 2.67. The lowest BCUT2D eigenvalue weighted by Gasteiger charge is -2.58. The maximum absolute atomic E-state index is 3.93. The van der Waals surface area contributed by atoms with Gasteiger partial charge < -0.3 is 0 Å². The molecular formula is C27H45Br. The van der Waals surface area contributed by atoms with Crippen LogP contribution in [0, 0.1) is 46.3 Å². The minimum atomic E-state index is 0.523. The zero-order valence-electron chi connectivity index (χ0n) is 19.3. The van der Waals surface area contributed by atoms with E-state index in [0.29, 0.717) is 10.8 Å². The van der Waals surface area contributed by atoms with E-state index in [4.69, 9.17) is 0 Å². The Bertz CT molecular complexity index is 591. The first-order valence-corrected chi connectivity index (χ1v) is 13.5. The lowest BCUT2D eigenvalue weighted by atomic mass is 9.47. The van der Waals surface area contributed by atoms with E-state index >= 15 is 0 Å². The molecule has 0 aromatic carbocycles. The molecule has 3 saturated carbocycles. The van der Waals surface area contributed by atoms with E-state index in [1.165, 1.54) is 70.6 Å². The minimum absolute atomic E-state index is 0.523. The molecule has 8 atom stereocenters. The highest BCUT2D eigenvalue weighted by Gasteiger charge is 2.58. The summed E-state index contributed by atoms with van der Waals surface area (Å²) in [6, 6.07) is 0. The van der Waals surface area contributed by atoms with Crippen LogP contribution < -0.4 is 0 Å². The number of hydrogen-bond donors (Lipinski definition) is 0. The van der Waals surface area contributed by atoms with Gasteiger partial charge in [0.1, 0.15) is 0 Å². The lowest BCUT2D eigenvalue weighted by molar-refractivity contribution is -0.0496. The van der Waals surface area contributed by atoms with Crippen molar-refractivity contribution in [2.75, 3.05) is 0 Å². The summed E-state index contributed by atoms with van der Waals surface area (Å²) in [4.78, 5) is 0.736. The maximum Gasteiger partial charge on any atom is 0.0183 e. The molecule has 4 rings (SSSR count). The number of fused-ring (bicyclic) bond motifs is 5. The second-order valence-corrected chi connectivity index (χ2v) is 13.4. The van der Waals surface area contributed by atoms with Crippen molar-refractivity contribution in [3.8, 4) is 0 Å². The molecule has 0 N–H and O–H groups in total. The summed E-state index contributed by atoms with van der Waals surface area (Å²) in [5.41, 5.74) is 2.98. The van der Waals surface area contributed by atoms with Crippen LogP contribution in [0.5, 0.6) is 0 Å². The maximum atomic E-state index is 3.93. The molecule has 0 saturated heterocycles. The van der Waals surface area contributed by atoms with Crippen molar-refractivity contribution < 1.29 is 0 Å². The predicted molar refractivity (Wildman–Crippen MR) is 126 cm³/mol. The van der Waals surface area contributed by atoms with Crippen LogP contribution >= 0.6 is 15.9 Å². The van der Waals surface area contributed by atoms with Crippen molar-refractivity contribution in [2.45, 2.75) is 110 Å². The summed E-state index contributed by atoms with van der Waals surface area (Å²) in [5, 5.41) is 0. The molecule has 1 heteroatoms. The molecule has 0 aliphatic heterocycles. The van der Waals surface area contributed by atoms with Crippen molar-refractivity contribution in [1.82, 2.24) is 0 Å². The molecule has 0 unspecified atom stereocenters. The van der Waals surface area contributed by atoms with E-state index in [-0.39, 0.29) is 0 Å². The molecule has 0 spiro atoms. The van der Waals surface area contributed by atoms with Gasteiger partial charge in [0.2, 0.25) is 0 Å². The largest absolute Gasteiger partial charge is 0.0887 e. The molecule has 0 aromatic rings. The van der Waals surface area contributed by atoms with Crippen molar-refractivity contribution in [3.63, 3.8) is 0 Å². The zero-order chi connectivity index (χ0) is 20.1. The van der Waals surface area contributed by atoms with Gasteiger partial charge >= 0.3 is 0 Å². The Labute approximate surface area is 183 Å². The van der Waals surface area contributed by atoms with Gasteiger partial charge in [0.15, 0.2) is 0 Å². The van der Waals surface area contributed by atoms with Crippen LogP contribution in [0.15, 0.2) is 11.6 Å². The van der Waals surface area contributed by atoms with E-state index in [9.17, 15) is 0 Å². The van der Waals surface area contributed by atoms with Crippen LogP contribution in [0.3, 0.4) is 0 Å². The summed E-state index contributed by atoms with van der Waals surface area (Å²) in [7, 11) is 0. The van der Waals surface area contributed by atoms with Crippen LogP contribution in [-0.2, 0) is 0 Å². The SMILES string of the molecule is CC(C)CCC[C@H](C)[C@@H]1CC[C@@H]2[C@H]3CC=C4C[C@@H](Br)CC[C@]4(C)[C@@H]3CC[C@]21C. The first-order chi connectivity index (χ1) is 13.3. The van der Waals surface area contributed by atoms with Gasteiger partial charge in [-0.1, -0.05) is 81.5 Å². The topological polar surface area (TPSA) is 0 Å². The van der Waals surface area contributed by atoms with Gasteiger partial charge in [0.05, 0.1) is 0 Å². The van der Waals surface area contributed by atoms with Gasteiger partial charge in [-0.25, -0.2) is 0 Å². The number of halogens is 1. The Kier molecular flexibility index (Phi) is 6.17. The van der Waals surface area contributed by atoms with Crippen LogP contribution in [-0.4, -0.2) is 4.83 Å². The van der Waals surface area contributed by atoms with E-state index in [1.807, 2.05) is 5.57 Å². The number of alkyl halides is 1. The van der Waals surface area contributed by atoms with Gasteiger partial charge in [-0.05, 0) is 97.7 Å². The fourth-order valence-electron chi connectivity index (χ4n) is 8.64. The zero-order valence-corrected chi connectivity index (χ0v) is 20.9. The van der Waals surface area contributed by atoms with E-state index in [1.54, 1.807) is 0 Å². The number of hydrogen-bond acceptors (Lipinski definition) is 0. The molecule has 160 valence electrons. The quantitative estimate of drug-likeness (QED) is 0.291. The summed E-state index contributed by atoms with van der Waals surface area (Å²) in [6.07, 6.45) is 18.6. The number of allylic oxidation sites excluding steroid dienone is 2. The second kappa shape index (κ2) is 8.05. The molecule has 3 fully saturated rings. The summed E-state index contributed by atoms with van der Waals surface area (Å²) in [6.45, 7) is 12.7. The fourth-order valence-corrected chi connectivity index (χ4v) is 9.22. The molecule has 0 aromatic heterocycles. The first-order valence-electron chi connectivity index (χ1n) is 12.6. The van der Waals surface area contributed by atoms with Crippen molar-refractivity contribution in [3.05, 3.63) is 11.6 Å². The van der Waals surface area contributed by atoms with Crippen LogP contribution in [0.1, 0.15) is 105 Å². The molecule has 4 aliphatic carbocycles. The van der Waals surface area contributed by atoms with Gasteiger partial charge in [-0.2, -0.15) is 0 Å². The second-order valence-electron chi connectivity index (χ2n) is 12.1. The van der Waals surface area contributed by atoms with Crippen LogP contribution in [0.4, 0.5) is 0 Å². The molecule has 4 aliphatic rings. The van der Waals surface area contributed by atoms with Gasteiger partial charge in [-0.15, -0.1) is 0 Å². The standard InChI is InChI=1S/C27H45Br/c1-18(2)7-6-8-19(3)23-11-12-24-22-10-9-20-17-21(28)13-15-26(20,4)25(22)14-16-27(23,24)5/h9,18-19,21-25H,6-8,10-17H2,1-5H3/t19-,21-,22+,23-,24+,25+,26-,27-/m0/s1. The van der Waals surface area contributed by atoms with Gasteiger partial charge in [0, 0.05) is 4.83 Å². The summed E-state index contributed by atoms with van der Waals surface area (Å²) < 4.78 is 0. The lowest BCUT2D eigenvalue weighted by Crippen LogP contribution is -2.50. The highest BCUT2D eigenvalue weighted by atomic mass is 79.9. The molecule has 0 heterocycles. The third-order valence-electron chi connectivity index (χ3n) is 10.2. The van der Waals surface area contributed by atoms with Crippen molar-refractivity contribution >= 4 is 15.9 Å². The van der Waals surface area contributed by atoms with Crippen LogP contribution in [0.25, 0.3) is 0 Å². The van der Waals surface area contributed by atoms with Crippen molar-refractivity contribution in [1.29, 1.82) is 0 Å². The Balaban J connectivity index is 1.49. The highest BCUT2D eigenvalue weighted by molar-refractivity contribution is 9.09. The van der Waals surface area contributed by atoms with Gasteiger partial charge in [0.25, 0.3) is 0 Å². The Hall–Kier alpha value is 0.220. The van der Waals surface area contributed by atoms with E-state index in [2.05, 4.69) is 56.6 Å². The van der Waals surface area contributed by atoms with Gasteiger partial charge in [-0.3, -0.25) is 0 Å². The Morgan fingerprint density at radius 3 is 2.54 bits per heavy atom. The Morgan fingerprint density at radius 2 is 1.79 bits per heavy atom. The molecule has 0 nitrogen and oxygen atoms in total. The van der Waals surface area contributed by atoms with E-state index in [0.717, 1.165) is 40.3 Å². The average Bonchev–Trinajstić information content (AvgIpc) is 2.99. The molecule has 28 heavy (non-hydrogen) atoms. The molecular weight excluding hydrogens is 404 g/mol. The smallest absolute Gasteiger partial charge is 0.0183 e. The average molecular weight is 450 g/mol. The van der Waals surface area contributed by atoms with Crippen molar-refractivity contribution in [2.24, 2.45) is 46.3 Å². The number of rotatable bonds is 5. The third kappa shape index (κ3) is 3.58. The summed E-state index contributed by atoms with van der Waals surface area (Å²) >= 11 is 3.93. The Morgan fingerprint density at radius 1 is 1.00 bits per heavy atom. The molecule has 0 bridgehead atoms. The first kappa shape index (κ1) is 21.5. The monoisotopic (exact) mass is 448 g/mol. The predicted octanol–water partition coefficient (Wildman–Crippen LogP) is 8.79. The molecule has 0 amide bonds. The summed E-state index contributed by atoms with van der Waals surface area (Å²) in [5.74, 6) is 5.74. The molecule has 0 radical (unpaired) electrons. The van der Waals surface area contributed by atoms with E-state index < -0.39 is 0 Å².